The van der Waals surface area contributed by atoms with Crippen molar-refractivity contribution in [2.45, 2.75) is 0 Å². The minimum absolute atomic E-state index is 0.0584. The van der Waals surface area contributed by atoms with Gasteiger partial charge >= 0.3 is 5.97 Å². The lowest BCUT2D eigenvalue weighted by Crippen LogP contribution is -2.68. The lowest BCUT2D eigenvalue weighted by molar-refractivity contribution is -2.00. The van der Waals surface area contributed by atoms with Crippen LogP contribution in [0.4, 0.5) is 0 Å². The average molecular weight is 280 g/mol. The summed E-state index contributed by atoms with van der Waals surface area (Å²) < 4.78 is 39.5. The summed E-state index contributed by atoms with van der Waals surface area (Å²) in [5.74, 6) is -0.406. The maximum absolute atomic E-state index is 10.5. The van der Waals surface area contributed by atoms with Crippen LogP contribution in [0.5, 0.6) is 0 Å². The van der Waals surface area contributed by atoms with Crippen molar-refractivity contribution in [3.05, 3.63) is 0 Å². The Balaban J connectivity index is 0. The maximum Gasteiger partial charge on any atom is 0.321 e. The SMILES string of the molecule is C[N+](C)(C)CCOC(=O)CCl.[O-][Cl+3]([O-])([O-])[O-]. The summed E-state index contributed by atoms with van der Waals surface area (Å²) >= 11 is 5.22. The van der Waals surface area contributed by atoms with Crippen LogP contribution < -0.4 is 18.6 Å². The maximum atomic E-state index is 10.5. The molecule has 0 spiro atoms. The van der Waals surface area contributed by atoms with Crippen molar-refractivity contribution in [2.75, 3.05) is 40.2 Å². The van der Waals surface area contributed by atoms with Crippen molar-refractivity contribution in [3.63, 3.8) is 0 Å². The summed E-state index contributed by atoms with van der Waals surface area (Å²) in [6.07, 6.45) is 0. The quantitative estimate of drug-likeness (QED) is 0.292. The Labute approximate surface area is 101 Å². The predicted octanol–water partition coefficient (Wildman–Crippen LogP) is -4.28. The van der Waals surface area contributed by atoms with E-state index in [0.29, 0.717) is 6.61 Å². The van der Waals surface area contributed by atoms with E-state index in [1.165, 1.54) is 0 Å². The zero-order chi connectivity index (χ0) is 13.4. The fourth-order valence-corrected chi connectivity index (χ4v) is 0.549. The highest BCUT2D eigenvalue weighted by Gasteiger charge is 2.07. The van der Waals surface area contributed by atoms with Gasteiger partial charge in [-0.15, -0.1) is 21.8 Å². The summed E-state index contributed by atoms with van der Waals surface area (Å²) in [5.41, 5.74) is 0. The number of likely N-dealkylation sites (N-methyl/N-ethyl adjacent to an activating group) is 1. The van der Waals surface area contributed by atoms with E-state index in [0.717, 1.165) is 11.0 Å². The van der Waals surface area contributed by atoms with E-state index in [4.69, 9.17) is 35.0 Å². The Morgan fingerprint density at radius 1 is 1.25 bits per heavy atom. The molecule has 16 heavy (non-hydrogen) atoms. The van der Waals surface area contributed by atoms with E-state index >= 15 is 0 Å². The van der Waals surface area contributed by atoms with Crippen LogP contribution in [0.15, 0.2) is 0 Å². The van der Waals surface area contributed by atoms with Gasteiger partial charge in [-0.1, -0.05) is 0 Å². The number of hydrogen-bond acceptors (Lipinski definition) is 6. The highest BCUT2D eigenvalue weighted by molar-refractivity contribution is 6.26. The zero-order valence-electron chi connectivity index (χ0n) is 9.27. The molecule has 0 heterocycles. The molecule has 0 aromatic heterocycles. The summed E-state index contributed by atoms with van der Waals surface area (Å²) in [5, 5.41) is 0. The van der Waals surface area contributed by atoms with E-state index in [9.17, 15) is 4.79 Å². The smallest absolute Gasteiger partial charge is 0.321 e. The molecule has 0 atom stereocenters. The molecule has 0 aromatic rings. The summed E-state index contributed by atoms with van der Waals surface area (Å²) in [6.45, 7) is 1.25. The van der Waals surface area contributed by atoms with Crippen LogP contribution in [0.3, 0.4) is 0 Å². The van der Waals surface area contributed by atoms with Crippen LogP contribution in [0, 0.1) is 10.2 Å². The molecular weight excluding hydrogens is 265 g/mol. The molecule has 0 aliphatic rings. The molecule has 0 aromatic carbocycles. The number of halogens is 2. The molecule has 0 rings (SSSR count). The van der Waals surface area contributed by atoms with Crippen molar-refractivity contribution in [1.82, 2.24) is 0 Å². The normalized spacial score (nSPS) is 11.5. The third kappa shape index (κ3) is 29.2. The number of quaternary nitrogens is 1. The molecule has 0 unspecified atom stereocenters. The first-order valence-corrected chi connectivity index (χ1v) is 5.86. The Morgan fingerprint density at radius 3 is 1.88 bits per heavy atom. The largest absolute Gasteiger partial charge is 0.459 e. The van der Waals surface area contributed by atoms with E-state index in [-0.39, 0.29) is 11.8 Å². The number of carbonyl (C=O) groups excluding carboxylic acids is 1. The standard InChI is InChI=1S/C7H15ClNO2.ClHO4/c1-9(2,3)4-5-11-7(10)6-8;2-1(3,4)5/h4-6H2,1-3H3;(H,2,3,4,5)/q+1;/p-1. The van der Waals surface area contributed by atoms with Gasteiger partial charge in [0.05, 0.1) is 21.1 Å². The van der Waals surface area contributed by atoms with Gasteiger partial charge in [0.25, 0.3) is 0 Å². The molecule has 0 aliphatic carbocycles. The van der Waals surface area contributed by atoms with Gasteiger partial charge in [0.15, 0.2) is 0 Å². The van der Waals surface area contributed by atoms with Crippen LogP contribution in [-0.2, 0) is 9.53 Å². The van der Waals surface area contributed by atoms with Crippen LogP contribution >= 0.6 is 11.6 Å². The monoisotopic (exact) mass is 279 g/mol. The van der Waals surface area contributed by atoms with Gasteiger partial charge in [0.2, 0.25) is 0 Å². The minimum Gasteiger partial charge on any atom is -0.459 e. The Bertz CT molecular complexity index is 194. The Hall–Kier alpha value is -0.150. The molecule has 9 heteroatoms. The van der Waals surface area contributed by atoms with E-state index in [1.54, 1.807) is 0 Å². The van der Waals surface area contributed by atoms with E-state index in [2.05, 4.69) is 0 Å². The third-order valence-corrected chi connectivity index (χ3v) is 1.35. The molecule has 98 valence electrons. The first-order valence-electron chi connectivity index (χ1n) is 4.09. The minimum atomic E-state index is -4.94. The molecule has 0 aliphatic heterocycles. The van der Waals surface area contributed by atoms with E-state index < -0.39 is 10.2 Å². The molecule has 0 N–H and O–H groups in total. The average Bonchev–Trinajstić information content (AvgIpc) is 1.98. The second kappa shape index (κ2) is 8.02. The van der Waals surface area contributed by atoms with Crippen LogP contribution in [0.25, 0.3) is 0 Å². The Kier molecular flexibility index (Phi) is 9.13. The summed E-state index contributed by atoms with van der Waals surface area (Å²) in [4.78, 5) is 10.5. The first-order chi connectivity index (χ1) is 6.95. The van der Waals surface area contributed by atoms with Crippen LogP contribution in [-0.4, -0.2) is 50.6 Å². The second-order valence-corrected chi connectivity index (χ2v) is 4.77. The van der Waals surface area contributed by atoms with Gasteiger partial charge in [-0.25, -0.2) is 18.6 Å². The van der Waals surface area contributed by atoms with Crippen molar-refractivity contribution in [3.8, 4) is 0 Å². The van der Waals surface area contributed by atoms with Crippen molar-refractivity contribution < 1.29 is 42.9 Å². The van der Waals surface area contributed by atoms with Crippen molar-refractivity contribution in [2.24, 2.45) is 0 Å². The molecular formula is C7H15Cl2NO6. The first kappa shape index (κ1) is 18.2. The summed E-state index contributed by atoms with van der Waals surface area (Å²) in [6, 6.07) is 0. The van der Waals surface area contributed by atoms with Gasteiger partial charge in [-0.3, -0.25) is 4.79 Å². The highest BCUT2D eigenvalue weighted by atomic mass is 35.7. The van der Waals surface area contributed by atoms with Gasteiger partial charge in [0, 0.05) is 0 Å². The lowest BCUT2D eigenvalue weighted by atomic mass is 10.5. The number of hydrogen-bond donors (Lipinski definition) is 0. The molecule has 0 bridgehead atoms. The number of alkyl halides is 1. The number of esters is 1. The molecule has 0 saturated carbocycles. The molecule has 0 amide bonds. The van der Waals surface area contributed by atoms with Gasteiger partial charge < -0.3 is 9.22 Å². The zero-order valence-corrected chi connectivity index (χ0v) is 10.8. The van der Waals surface area contributed by atoms with Crippen LogP contribution in [0.2, 0.25) is 0 Å². The van der Waals surface area contributed by atoms with Gasteiger partial charge in [0.1, 0.15) is 19.0 Å². The topological polar surface area (TPSA) is 119 Å². The fourth-order valence-electron chi connectivity index (χ4n) is 0.472. The molecule has 0 saturated heterocycles. The van der Waals surface area contributed by atoms with Gasteiger partial charge in [-0.2, -0.15) is 0 Å². The lowest BCUT2D eigenvalue weighted by Gasteiger charge is -2.23. The van der Waals surface area contributed by atoms with Crippen molar-refractivity contribution in [1.29, 1.82) is 0 Å². The van der Waals surface area contributed by atoms with Crippen molar-refractivity contribution >= 4 is 17.6 Å². The van der Waals surface area contributed by atoms with Gasteiger partial charge in [-0.05, 0) is 0 Å². The number of nitrogens with zero attached hydrogens (tertiary/aromatic N) is 1. The molecule has 0 radical (unpaired) electrons. The third-order valence-electron chi connectivity index (χ3n) is 1.13. The fraction of sp³-hybridized carbons (Fsp3) is 0.857. The number of ether oxygens (including phenoxy) is 1. The highest BCUT2D eigenvalue weighted by Crippen LogP contribution is 1.90. The number of carbonyl (C=O) groups is 1. The van der Waals surface area contributed by atoms with Crippen LogP contribution in [0.1, 0.15) is 0 Å². The number of rotatable bonds is 4. The van der Waals surface area contributed by atoms with E-state index in [1.807, 2.05) is 21.1 Å². The molecule has 0 fully saturated rings. The Morgan fingerprint density at radius 2 is 1.62 bits per heavy atom. The summed E-state index contributed by atoms with van der Waals surface area (Å²) in [7, 11) is 1.16. The second-order valence-electron chi connectivity index (χ2n) is 3.75. The predicted molar refractivity (Wildman–Crippen MR) is 44.6 cm³/mol. The molecule has 7 nitrogen and oxygen atoms in total.